The van der Waals surface area contributed by atoms with Crippen LogP contribution in [0.3, 0.4) is 0 Å². The Kier molecular flexibility index (Phi) is 9.57. The molecule has 0 unspecified atom stereocenters. The van der Waals surface area contributed by atoms with Crippen molar-refractivity contribution < 1.29 is 52.1 Å². The minimum atomic E-state index is -4.24. The lowest BCUT2D eigenvalue weighted by atomic mass is 9.97. The first-order valence-electron chi connectivity index (χ1n) is 9.73. The van der Waals surface area contributed by atoms with Gasteiger partial charge in [0.2, 0.25) is 5.91 Å². The molecule has 194 valence electrons. The number of ether oxygens (including phenoxy) is 2. The third-order valence-electron chi connectivity index (χ3n) is 4.29. The van der Waals surface area contributed by atoms with Gasteiger partial charge in [-0.1, -0.05) is 30.3 Å². The maximum atomic E-state index is 12.0. The second kappa shape index (κ2) is 11.4. The Morgan fingerprint density at radius 2 is 1.47 bits per heavy atom. The highest BCUT2D eigenvalue weighted by molar-refractivity contribution is 7.86. The van der Waals surface area contributed by atoms with Gasteiger partial charge in [-0.3, -0.25) is 17.3 Å². The van der Waals surface area contributed by atoms with Crippen LogP contribution in [0.2, 0.25) is 0 Å². The van der Waals surface area contributed by atoms with Gasteiger partial charge in [0.25, 0.3) is 30.4 Å². The van der Waals surface area contributed by atoms with E-state index in [0.29, 0.717) is 18.1 Å². The highest BCUT2D eigenvalue weighted by atomic mass is 32.2. The molecule has 1 fully saturated rings. The standard InChI is InChI=1S/C18H27NO12S3/c1-12(20)19-15-17(31-34(4,25)26)16(30-33(3,23)24)14(11-28-32(2,21)22)29-18(15)27-10-13-8-6-5-7-9-13/h5-9,14-18H,10-11H2,1-4H3,(H,19,20)/t14-,15-,16-,17-,18+/m1/s1. The van der Waals surface area contributed by atoms with Gasteiger partial charge in [0.1, 0.15) is 24.4 Å². The first-order chi connectivity index (χ1) is 15.5. The van der Waals surface area contributed by atoms with Gasteiger partial charge in [-0.05, 0) is 5.56 Å². The van der Waals surface area contributed by atoms with Gasteiger partial charge < -0.3 is 14.8 Å². The maximum absolute atomic E-state index is 12.0. The molecular weight excluding hydrogens is 518 g/mol. The summed E-state index contributed by atoms with van der Waals surface area (Å²) >= 11 is 0. The van der Waals surface area contributed by atoms with Crippen molar-refractivity contribution in [2.75, 3.05) is 25.4 Å². The maximum Gasteiger partial charge on any atom is 0.264 e. The first kappa shape index (κ1) is 28.6. The van der Waals surface area contributed by atoms with Gasteiger partial charge in [-0.25, -0.2) is 0 Å². The predicted octanol–water partition coefficient (Wildman–Crippen LogP) is -0.901. The number of hydrogen-bond donors (Lipinski definition) is 1. The van der Waals surface area contributed by atoms with Crippen molar-refractivity contribution in [3.8, 4) is 0 Å². The number of carbonyl (C=O) groups excluding carboxylic acids is 1. The van der Waals surface area contributed by atoms with Crippen LogP contribution in [-0.2, 0) is 63.8 Å². The molecule has 1 saturated heterocycles. The van der Waals surface area contributed by atoms with Crippen LogP contribution in [0, 0.1) is 0 Å². The minimum absolute atomic E-state index is 0.0512. The molecule has 0 spiro atoms. The molecule has 0 aliphatic carbocycles. The topological polar surface area (TPSA) is 178 Å². The van der Waals surface area contributed by atoms with Crippen molar-refractivity contribution >= 4 is 36.3 Å². The lowest BCUT2D eigenvalue weighted by Crippen LogP contribution is -2.66. The van der Waals surface area contributed by atoms with Crippen LogP contribution in [0.5, 0.6) is 0 Å². The summed E-state index contributed by atoms with van der Waals surface area (Å²) < 4.78 is 97.2. The number of hydrogen-bond acceptors (Lipinski definition) is 12. The molecule has 1 aliphatic heterocycles. The van der Waals surface area contributed by atoms with E-state index in [1.165, 1.54) is 0 Å². The van der Waals surface area contributed by atoms with E-state index in [-0.39, 0.29) is 6.61 Å². The lowest BCUT2D eigenvalue weighted by molar-refractivity contribution is -0.262. The quantitative estimate of drug-likeness (QED) is 0.339. The van der Waals surface area contributed by atoms with Gasteiger partial charge in [-0.2, -0.15) is 25.3 Å². The molecule has 13 nitrogen and oxygen atoms in total. The van der Waals surface area contributed by atoms with E-state index in [1.54, 1.807) is 30.3 Å². The van der Waals surface area contributed by atoms with Crippen molar-refractivity contribution in [3.63, 3.8) is 0 Å². The second-order valence-corrected chi connectivity index (χ2v) is 12.4. The molecule has 16 heteroatoms. The Hall–Kier alpha value is -1.66. The van der Waals surface area contributed by atoms with Gasteiger partial charge in [-0.15, -0.1) is 0 Å². The van der Waals surface area contributed by atoms with E-state index in [0.717, 1.165) is 13.2 Å². The van der Waals surface area contributed by atoms with Crippen molar-refractivity contribution in [3.05, 3.63) is 35.9 Å². The Bertz CT molecular complexity index is 1150. The fourth-order valence-corrected chi connectivity index (χ4v) is 4.80. The van der Waals surface area contributed by atoms with Crippen molar-refractivity contribution in [2.24, 2.45) is 0 Å². The highest BCUT2D eigenvalue weighted by Crippen LogP contribution is 2.30. The SMILES string of the molecule is CC(=O)N[C@H]1[C@@H](OCc2ccccc2)O[C@H](COS(C)(=O)=O)[C@@H](OS(C)(=O)=O)[C@@H]1OS(C)(=O)=O. The Balaban J connectivity index is 2.49. The fourth-order valence-electron chi connectivity index (χ4n) is 3.15. The van der Waals surface area contributed by atoms with Crippen LogP contribution in [0.25, 0.3) is 0 Å². The first-order valence-corrected chi connectivity index (χ1v) is 15.2. The Morgan fingerprint density at radius 3 is 1.97 bits per heavy atom. The van der Waals surface area contributed by atoms with E-state index in [4.69, 9.17) is 22.0 Å². The largest absolute Gasteiger partial charge is 0.346 e. The minimum Gasteiger partial charge on any atom is -0.346 e. The molecule has 0 saturated carbocycles. The average molecular weight is 546 g/mol. The van der Waals surface area contributed by atoms with Gasteiger partial charge in [0.05, 0.1) is 32.0 Å². The summed E-state index contributed by atoms with van der Waals surface area (Å²) in [6, 6.07) is 7.39. The summed E-state index contributed by atoms with van der Waals surface area (Å²) in [6.07, 6.45) is -4.12. The Morgan fingerprint density at radius 1 is 0.912 bits per heavy atom. The van der Waals surface area contributed by atoms with Crippen molar-refractivity contribution in [1.29, 1.82) is 0 Å². The van der Waals surface area contributed by atoms with Crippen LogP contribution < -0.4 is 5.32 Å². The molecule has 0 aromatic heterocycles. The number of rotatable bonds is 11. The second-order valence-electron chi connectivity index (χ2n) is 7.58. The average Bonchev–Trinajstić information content (AvgIpc) is 2.66. The third-order valence-corrected chi connectivity index (χ3v) is 6.00. The molecule has 0 radical (unpaired) electrons. The molecule has 0 bridgehead atoms. The summed E-state index contributed by atoms with van der Waals surface area (Å²) in [7, 11) is -12.5. The molecule has 2 rings (SSSR count). The smallest absolute Gasteiger partial charge is 0.264 e. The monoisotopic (exact) mass is 545 g/mol. The molecule has 1 aliphatic rings. The van der Waals surface area contributed by atoms with Crippen LogP contribution >= 0.6 is 0 Å². The van der Waals surface area contributed by atoms with Gasteiger partial charge in [0.15, 0.2) is 6.29 Å². The Labute approximate surface area is 199 Å². The summed E-state index contributed by atoms with van der Waals surface area (Å²) in [4.78, 5) is 11.9. The summed E-state index contributed by atoms with van der Waals surface area (Å²) in [5.74, 6) is -0.632. The number of carbonyl (C=O) groups is 1. The molecule has 1 amide bonds. The molecule has 34 heavy (non-hydrogen) atoms. The van der Waals surface area contributed by atoms with Crippen LogP contribution in [-0.4, -0.2) is 87.2 Å². The number of amides is 1. The summed E-state index contributed by atoms with van der Waals surface area (Å²) in [5, 5.41) is 2.44. The van der Waals surface area contributed by atoms with Crippen LogP contribution in [0.1, 0.15) is 12.5 Å². The zero-order valence-electron chi connectivity index (χ0n) is 18.8. The lowest BCUT2D eigenvalue weighted by Gasteiger charge is -2.44. The van der Waals surface area contributed by atoms with E-state index in [1.807, 2.05) is 0 Å². The van der Waals surface area contributed by atoms with E-state index in [9.17, 15) is 30.0 Å². The van der Waals surface area contributed by atoms with Gasteiger partial charge >= 0.3 is 0 Å². The summed E-state index contributed by atoms with van der Waals surface area (Å²) in [5.41, 5.74) is 0.701. The van der Waals surface area contributed by atoms with Gasteiger partial charge in [0, 0.05) is 6.92 Å². The molecule has 5 atom stereocenters. The molecular formula is C18H27NO12S3. The normalized spacial score (nSPS) is 26.2. The molecule has 1 aromatic rings. The molecule has 1 heterocycles. The molecule has 1 N–H and O–H groups in total. The summed E-state index contributed by atoms with van der Waals surface area (Å²) in [6.45, 7) is 0.335. The predicted molar refractivity (Wildman–Crippen MR) is 118 cm³/mol. The van der Waals surface area contributed by atoms with Crippen molar-refractivity contribution in [1.82, 2.24) is 5.32 Å². The van der Waals surface area contributed by atoms with E-state index >= 15 is 0 Å². The number of benzene rings is 1. The third kappa shape index (κ3) is 9.91. The fraction of sp³-hybridized carbons (Fsp3) is 0.611. The highest BCUT2D eigenvalue weighted by Gasteiger charge is 2.51. The van der Waals surface area contributed by atoms with Crippen LogP contribution in [0.15, 0.2) is 30.3 Å². The van der Waals surface area contributed by atoms with Crippen molar-refractivity contribution in [2.45, 2.75) is 44.2 Å². The molecule has 1 aromatic carbocycles. The zero-order chi connectivity index (χ0) is 25.7. The number of nitrogens with one attached hydrogen (secondary N) is 1. The van der Waals surface area contributed by atoms with E-state index in [2.05, 4.69) is 5.32 Å². The zero-order valence-corrected chi connectivity index (χ0v) is 21.3. The van der Waals surface area contributed by atoms with Crippen LogP contribution in [0.4, 0.5) is 0 Å². The van der Waals surface area contributed by atoms with E-state index < -0.39 is 73.5 Å².